The van der Waals surface area contributed by atoms with Gasteiger partial charge in [-0.15, -0.1) is 0 Å². The lowest BCUT2D eigenvalue weighted by atomic mass is 9.36. The summed E-state index contributed by atoms with van der Waals surface area (Å²) in [4.78, 5) is 11.2. The first-order chi connectivity index (χ1) is 13.0. The molecule has 2 nitrogen and oxygen atoms in total. The van der Waals surface area contributed by atoms with E-state index in [1.165, 1.54) is 0 Å². The smallest absolute Gasteiger partial charge is 0.344 e. The van der Waals surface area contributed by atoms with Gasteiger partial charge in [0.25, 0.3) is 0 Å². The van der Waals surface area contributed by atoms with Gasteiger partial charge in [-0.3, -0.25) is 0 Å². The molecule has 0 aromatic heterocycles. The van der Waals surface area contributed by atoms with Crippen LogP contribution in [0, 0.1) is 5.41 Å². The summed E-state index contributed by atoms with van der Waals surface area (Å²) < 4.78 is 207. The van der Waals surface area contributed by atoms with E-state index in [0.29, 0.717) is 0 Å². The van der Waals surface area contributed by atoms with Gasteiger partial charge in [0.1, 0.15) is 0 Å². The first kappa shape index (κ1) is 22.9. The van der Waals surface area contributed by atoms with E-state index < -0.39 is 76.9 Å². The standard InChI is InChI=1S/C14H6F14O2/c1-3-4(29)30-8-11(21,22)5(2)9(17,18)6(15,13(8,25)26)12(23,24)7(16,10(5,19)20)14(8,27)28/h3H,1H2,2H3. The number of hydrogen-bond acceptors (Lipinski definition) is 2. The second-order valence-electron chi connectivity index (χ2n) is 7.19. The Morgan fingerprint density at radius 2 is 0.967 bits per heavy atom. The number of alkyl halides is 14. The molecule has 2 atom stereocenters. The van der Waals surface area contributed by atoms with Crippen molar-refractivity contribution in [3.05, 3.63) is 12.7 Å². The average molecular weight is 472 g/mol. The molecule has 4 saturated carbocycles. The van der Waals surface area contributed by atoms with Gasteiger partial charge in [-0.2, -0.15) is 26.3 Å². The maximum absolute atomic E-state index is 14.8. The zero-order valence-electron chi connectivity index (χ0n) is 13.9. The summed E-state index contributed by atoms with van der Waals surface area (Å²) in [5.74, 6) is -47.1. The molecule has 0 aliphatic heterocycles. The molecule has 0 amide bonds. The molecule has 4 aliphatic carbocycles. The first-order valence-corrected chi connectivity index (χ1v) is 7.46. The third-order valence-corrected chi connectivity index (χ3v) is 6.23. The summed E-state index contributed by atoms with van der Waals surface area (Å²) in [5.41, 5.74) is -27.9. The van der Waals surface area contributed by atoms with E-state index in [1.54, 1.807) is 0 Å². The summed E-state index contributed by atoms with van der Waals surface area (Å²) in [5, 5.41) is 0. The predicted molar refractivity (Wildman–Crippen MR) is 64.5 cm³/mol. The monoisotopic (exact) mass is 472 g/mol. The first-order valence-electron chi connectivity index (χ1n) is 7.46. The zero-order valence-corrected chi connectivity index (χ0v) is 13.9. The molecular formula is C14H6F14O2. The summed E-state index contributed by atoms with van der Waals surface area (Å²) in [6, 6.07) is 0. The van der Waals surface area contributed by atoms with Gasteiger partial charge >= 0.3 is 58.4 Å². The summed E-state index contributed by atoms with van der Waals surface area (Å²) >= 11 is 0. The summed E-state index contributed by atoms with van der Waals surface area (Å²) in [6.45, 7) is 1.17. The lowest BCUT2D eigenvalue weighted by Gasteiger charge is -2.75. The minimum absolute atomic E-state index is 0.451. The van der Waals surface area contributed by atoms with E-state index >= 15 is 0 Å². The Labute approximate surface area is 155 Å². The maximum atomic E-state index is 14.8. The van der Waals surface area contributed by atoms with Gasteiger partial charge in [0.2, 0.25) is 0 Å². The van der Waals surface area contributed by atoms with E-state index in [1.807, 2.05) is 0 Å². The highest BCUT2D eigenvalue weighted by Crippen LogP contribution is 2.90. The minimum Gasteiger partial charge on any atom is -0.436 e. The third-order valence-electron chi connectivity index (χ3n) is 6.23. The number of carbonyl (C=O) groups is 1. The fraction of sp³-hybridized carbons (Fsp3) is 0.786. The molecular weight excluding hydrogens is 466 g/mol. The number of esters is 1. The fourth-order valence-corrected chi connectivity index (χ4v) is 4.51. The van der Waals surface area contributed by atoms with Crippen LogP contribution in [0.25, 0.3) is 0 Å². The van der Waals surface area contributed by atoms with Crippen molar-refractivity contribution in [2.45, 2.75) is 59.4 Å². The SMILES string of the molecule is C=CC(=O)OC12C(F)(F)C3(C)C(F)(F)C(F)(C(F)(F)C(F)(C3(F)F)C1(F)F)C2(F)F. The van der Waals surface area contributed by atoms with Crippen LogP contribution >= 0.6 is 0 Å². The molecule has 0 aromatic rings. The fourth-order valence-electron chi connectivity index (χ4n) is 4.51. The Morgan fingerprint density at radius 1 is 0.633 bits per heavy atom. The lowest BCUT2D eigenvalue weighted by molar-refractivity contribution is -0.617. The number of carbonyl (C=O) groups excluding carboxylic acids is 1. The highest BCUT2D eigenvalue weighted by Gasteiger charge is 3.22. The van der Waals surface area contributed by atoms with Crippen LogP contribution in [0.4, 0.5) is 61.5 Å². The number of halogens is 14. The number of hydrogen-bond donors (Lipinski definition) is 0. The molecule has 30 heavy (non-hydrogen) atoms. The van der Waals surface area contributed by atoms with Crippen molar-refractivity contribution in [3.8, 4) is 0 Å². The van der Waals surface area contributed by atoms with Crippen molar-refractivity contribution >= 4 is 5.97 Å². The van der Waals surface area contributed by atoms with Crippen molar-refractivity contribution in [3.63, 3.8) is 0 Å². The van der Waals surface area contributed by atoms with Crippen molar-refractivity contribution in [2.24, 2.45) is 5.41 Å². The van der Waals surface area contributed by atoms with Gasteiger partial charge in [0, 0.05) is 6.08 Å². The molecule has 0 radical (unpaired) electrons. The Kier molecular flexibility index (Phi) is 3.58. The van der Waals surface area contributed by atoms with Crippen LogP contribution in [0.5, 0.6) is 0 Å². The van der Waals surface area contributed by atoms with Crippen LogP contribution in [-0.2, 0) is 9.53 Å². The highest BCUT2D eigenvalue weighted by atomic mass is 19.3. The van der Waals surface area contributed by atoms with Crippen LogP contribution in [0.1, 0.15) is 6.92 Å². The van der Waals surface area contributed by atoms with Crippen LogP contribution < -0.4 is 0 Å². The van der Waals surface area contributed by atoms with Gasteiger partial charge < -0.3 is 4.74 Å². The lowest BCUT2D eigenvalue weighted by Crippen LogP contribution is -3.08. The van der Waals surface area contributed by atoms with E-state index in [2.05, 4.69) is 11.3 Å². The number of rotatable bonds is 2. The molecule has 2 unspecified atom stereocenters. The minimum atomic E-state index is -7.67. The summed E-state index contributed by atoms with van der Waals surface area (Å²) in [7, 11) is 0. The molecule has 0 aromatic carbocycles. The quantitative estimate of drug-likeness (QED) is 0.330. The topological polar surface area (TPSA) is 26.3 Å². The molecule has 0 spiro atoms. The predicted octanol–water partition coefficient (Wildman–Crippen LogP) is 4.73. The van der Waals surface area contributed by atoms with Gasteiger partial charge in [0.15, 0.2) is 5.41 Å². The van der Waals surface area contributed by atoms with E-state index in [9.17, 15) is 66.3 Å². The highest BCUT2D eigenvalue weighted by molar-refractivity contribution is 5.82. The second-order valence-corrected chi connectivity index (χ2v) is 7.19. The van der Waals surface area contributed by atoms with E-state index in [-0.39, 0.29) is 0 Å². The molecule has 0 N–H and O–H groups in total. The van der Waals surface area contributed by atoms with Crippen LogP contribution in [0.2, 0.25) is 0 Å². The van der Waals surface area contributed by atoms with Gasteiger partial charge in [-0.05, 0) is 6.92 Å². The van der Waals surface area contributed by atoms with E-state index in [0.717, 1.165) is 0 Å². The molecule has 0 heterocycles. The van der Waals surface area contributed by atoms with Crippen molar-refractivity contribution in [1.82, 2.24) is 0 Å². The third kappa shape index (κ3) is 1.30. The Morgan fingerprint density at radius 3 is 1.27 bits per heavy atom. The largest absolute Gasteiger partial charge is 0.436 e. The van der Waals surface area contributed by atoms with Crippen molar-refractivity contribution in [2.75, 3.05) is 0 Å². The number of ether oxygens (including phenoxy) is 1. The zero-order chi connectivity index (χ0) is 24.0. The molecule has 4 fully saturated rings. The molecule has 16 heteroatoms. The van der Waals surface area contributed by atoms with Crippen molar-refractivity contribution < 1.29 is 71.0 Å². The Bertz CT molecular complexity index is 748. The van der Waals surface area contributed by atoms with Crippen LogP contribution in [-0.4, -0.2) is 58.4 Å². The van der Waals surface area contributed by atoms with E-state index in [4.69, 9.17) is 0 Å². The Hall–Kier alpha value is -1.77. The van der Waals surface area contributed by atoms with Crippen LogP contribution in [0.15, 0.2) is 12.7 Å². The van der Waals surface area contributed by atoms with Crippen LogP contribution in [0.3, 0.4) is 0 Å². The Balaban J connectivity index is 2.71. The van der Waals surface area contributed by atoms with Gasteiger partial charge in [0.05, 0.1) is 0 Å². The van der Waals surface area contributed by atoms with Gasteiger partial charge in [-0.25, -0.2) is 39.9 Å². The molecule has 4 bridgehead atoms. The van der Waals surface area contributed by atoms with Crippen molar-refractivity contribution in [1.29, 1.82) is 0 Å². The molecule has 172 valence electrons. The second kappa shape index (κ2) is 4.69. The summed E-state index contributed by atoms with van der Waals surface area (Å²) in [6.07, 6.45) is -0.451. The normalized spacial score (nSPS) is 47.6. The molecule has 4 rings (SSSR count). The molecule has 4 aliphatic rings. The average Bonchev–Trinajstić information content (AvgIpc) is 2.58. The van der Waals surface area contributed by atoms with Gasteiger partial charge in [-0.1, -0.05) is 6.58 Å². The maximum Gasteiger partial charge on any atom is 0.344 e. The molecule has 0 saturated heterocycles.